The van der Waals surface area contributed by atoms with Crippen LogP contribution in [0.3, 0.4) is 0 Å². The lowest BCUT2D eigenvalue weighted by Gasteiger charge is -2.11. The Morgan fingerprint density at radius 1 is 1.15 bits per heavy atom. The first kappa shape index (κ1) is 17.7. The van der Waals surface area contributed by atoms with Gasteiger partial charge in [-0.1, -0.05) is 0 Å². The van der Waals surface area contributed by atoms with Gasteiger partial charge < -0.3 is 9.30 Å². The third-order valence-corrected chi connectivity index (χ3v) is 4.05. The van der Waals surface area contributed by atoms with E-state index < -0.39 is 17.6 Å². The maximum absolute atomic E-state index is 13.7. The van der Waals surface area contributed by atoms with Gasteiger partial charge >= 0.3 is 5.97 Å². The lowest BCUT2D eigenvalue weighted by molar-refractivity contribution is 0.0600. The van der Waals surface area contributed by atoms with Crippen LogP contribution in [0.5, 0.6) is 0 Å². The number of nitrogens with zero attached hydrogens (tertiary/aromatic N) is 3. The van der Waals surface area contributed by atoms with Gasteiger partial charge in [0.05, 0.1) is 30.8 Å². The van der Waals surface area contributed by atoms with Crippen LogP contribution in [0.1, 0.15) is 28.7 Å². The minimum Gasteiger partial charge on any atom is -0.465 e. The van der Waals surface area contributed by atoms with Crippen molar-refractivity contribution in [2.45, 2.75) is 19.9 Å². The van der Waals surface area contributed by atoms with Crippen molar-refractivity contribution in [3.63, 3.8) is 0 Å². The van der Waals surface area contributed by atoms with Crippen LogP contribution in [0.25, 0.3) is 11.1 Å². The molecule has 3 heterocycles. The van der Waals surface area contributed by atoms with E-state index in [1.165, 1.54) is 25.4 Å². The van der Waals surface area contributed by atoms with Crippen LogP contribution in [0.15, 0.2) is 43.0 Å². The summed E-state index contributed by atoms with van der Waals surface area (Å²) in [5.41, 5.74) is 2.70. The number of hydrogen-bond acceptors (Lipinski definition) is 4. The third kappa shape index (κ3) is 3.61. The molecule has 3 aromatic heterocycles. The second-order valence-electron chi connectivity index (χ2n) is 5.71. The second kappa shape index (κ2) is 7.43. The highest BCUT2D eigenvalue weighted by Gasteiger charge is 2.16. The van der Waals surface area contributed by atoms with Crippen LogP contribution < -0.4 is 0 Å². The summed E-state index contributed by atoms with van der Waals surface area (Å²) in [5, 5.41) is 0. The summed E-state index contributed by atoms with van der Waals surface area (Å²) in [6.45, 7) is 2.59. The minimum absolute atomic E-state index is 0.344. The number of carbonyl (C=O) groups is 1. The van der Waals surface area contributed by atoms with Crippen molar-refractivity contribution >= 4 is 5.97 Å². The number of halogens is 2. The van der Waals surface area contributed by atoms with Crippen molar-refractivity contribution in [1.82, 2.24) is 14.5 Å². The topological polar surface area (TPSA) is 57.0 Å². The Kier molecular flexibility index (Phi) is 5.06. The summed E-state index contributed by atoms with van der Waals surface area (Å²) in [7, 11) is 1.32. The summed E-state index contributed by atoms with van der Waals surface area (Å²) in [6, 6.07) is 4.30. The van der Waals surface area contributed by atoms with Crippen molar-refractivity contribution in [3.8, 4) is 11.1 Å². The standard InChI is InChI=1S/C19H17F2N3O2/c1-3-24-11-13(19(25)26-2)5-16(24)7-18-17(6-15(21)10-23-18)12-4-14(20)9-22-8-12/h4-6,8-11H,3,7H2,1-2H3. The number of aromatic nitrogens is 3. The van der Waals surface area contributed by atoms with Crippen LogP contribution in [-0.4, -0.2) is 27.6 Å². The molecule has 134 valence electrons. The quantitative estimate of drug-likeness (QED) is 0.655. The fourth-order valence-electron chi connectivity index (χ4n) is 2.82. The zero-order valence-electron chi connectivity index (χ0n) is 14.4. The number of hydrogen-bond donors (Lipinski definition) is 0. The molecule has 3 aromatic rings. The number of carbonyl (C=O) groups excluding carboxylic acids is 1. The Morgan fingerprint density at radius 3 is 2.62 bits per heavy atom. The molecule has 0 fully saturated rings. The molecule has 0 aliphatic heterocycles. The van der Waals surface area contributed by atoms with E-state index in [4.69, 9.17) is 4.74 Å². The van der Waals surface area contributed by atoms with Gasteiger partial charge in [-0.15, -0.1) is 0 Å². The van der Waals surface area contributed by atoms with Crippen molar-refractivity contribution < 1.29 is 18.3 Å². The Bertz CT molecular complexity index is 954. The molecule has 0 aromatic carbocycles. The third-order valence-electron chi connectivity index (χ3n) is 4.05. The Morgan fingerprint density at radius 2 is 1.92 bits per heavy atom. The fourth-order valence-corrected chi connectivity index (χ4v) is 2.82. The molecular formula is C19H17F2N3O2. The first-order valence-corrected chi connectivity index (χ1v) is 8.04. The summed E-state index contributed by atoms with van der Waals surface area (Å²) in [6.07, 6.45) is 5.71. The van der Waals surface area contributed by atoms with Crippen LogP contribution in [-0.2, 0) is 17.7 Å². The lowest BCUT2D eigenvalue weighted by Crippen LogP contribution is -2.03. The number of pyridine rings is 2. The van der Waals surface area contributed by atoms with Crippen molar-refractivity contribution in [2.24, 2.45) is 0 Å². The van der Waals surface area contributed by atoms with Crippen LogP contribution in [0.2, 0.25) is 0 Å². The molecule has 5 nitrogen and oxygen atoms in total. The molecule has 0 saturated heterocycles. The highest BCUT2D eigenvalue weighted by Crippen LogP contribution is 2.26. The predicted octanol–water partition coefficient (Wildman–Crippen LogP) is 3.62. The van der Waals surface area contributed by atoms with E-state index in [1.54, 1.807) is 12.3 Å². The fraction of sp³-hybridized carbons (Fsp3) is 0.211. The molecule has 0 atom stereocenters. The molecule has 0 saturated carbocycles. The average molecular weight is 357 g/mol. The van der Waals surface area contributed by atoms with Gasteiger partial charge in [0.2, 0.25) is 0 Å². The van der Waals surface area contributed by atoms with Crippen LogP contribution in [0, 0.1) is 11.6 Å². The Labute approximate surface area is 149 Å². The van der Waals surface area contributed by atoms with Crippen molar-refractivity contribution in [2.75, 3.05) is 7.11 Å². The van der Waals surface area contributed by atoms with Gasteiger partial charge in [-0.2, -0.15) is 0 Å². The zero-order valence-corrected chi connectivity index (χ0v) is 14.4. The molecule has 0 aliphatic rings. The molecule has 0 N–H and O–H groups in total. The summed E-state index contributed by atoms with van der Waals surface area (Å²) in [4.78, 5) is 19.8. The lowest BCUT2D eigenvalue weighted by atomic mass is 10.0. The van der Waals surface area contributed by atoms with E-state index in [1.807, 2.05) is 11.5 Å². The SMILES string of the molecule is CCn1cc(C(=O)OC)cc1Cc1ncc(F)cc1-c1cncc(F)c1. The zero-order chi connectivity index (χ0) is 18.7. The first-order valence-electron chi connectivity index (χ1n) is 8.04. The highest BCUT2D eigenvalue weighted by atomic mass is 19.1. The molecule has 3 rings (SSSR count). The van der Waals surface area contributed by atoms with E-state index in [0.717, 1.165) is 18.1 Å². The molecule has 7 heteroatoms. The van der Waals surface area contributed by atoms with Crippen LogP contribution >= 0.6 is 0 Å². The van der Waals surface area contributed by atoms with E-state index in [2.05, 4.69) is 9.97 Å². The van der Waals surface area contributed by atoms with Crippen molar-refractivity contribution in [3.05, 3.63) is 71.6 Å². The van der Waals surface area contributed by atoms with E-state index in [-0.39, 0.29) is 0 Å². The van der Waals surface area contributed by atoms with E-state index in [0.29, 0.717) is 35.3 Å². The van der Waals surface area contributed by atoms with Crippen LogP contribution in [0.4, 0.5) is 8.78 Å². The second-order valence-corrected chi connectivity index (χ2v) is 5.71. The highest BCUT2D eigenvalue weighted by molar-refractivity contribution is 5.89. The smallest absolute Gasteiger partial charge is 0.339 e. The molecule has 0 radical (unpaired) electrons. The number of esters is 1. The molecular weight excluding hydrogens is 340 g/mol. The van der Waals surface area contributed by atoms with Gasteiger partial charge in [-0.3, -0.25) is 9.97 Å². The van der Waals surface area contributed by atoms with Gasteiger partial charge in [0.1, 0.15) is 11.6 Å². The molecule has 0 spiro atoms. The first-order chi connectivity index (χ1) is 12.5. The molecule has 26 heavy (non-hydrogen) atoms. The van der Waals surface area contributed by atoms with Gasteiger partial charge in [0.25, 0.3) is 0 Å². The monoisotopic (exact) mass is 357 g/mol. The largest absolute Gasteiger partial charge is 0.465 e. The number of ether oxygens (including phenoxy) is 1. The molecule has 0 bridgehead atoms. The minimum atomic E-state index is -0.519. The maximum Gasteiger partial charge on any atom is 0.339 e. The number of methoxy groups -OCH3 is 1. The summed E-state index contributed by atoms with van der Waals surface area (Å²) >= 11 is 0. The van der Waals surface area contributed by atoms with E-state index >= 15 is 0 Å². The molecule has 0 unspecified atom stereocenters. The van der Waals surface area contributed by atoms with Crippen molar-refractivity contribution in [1.29, 1.82) is 0 Å². The summed E-state index contributed by atoms with van der Waals surface area (Å²) < 4.78 is 33.9. The molecule has 0 aliphatic carbocycles. The van der Waals surface area contributed by atoms with Gasteiger partial charge in [-0.25, -0.2) is 13.6 Å². The molecule has 0 amide bonds. The number of rotatable bonds is 5. The maximum atomic E-state index is 13.7. The van der Waals surface area contributed by atoms with E-state index in [9.17, 15) is 13.6 Å². The summed E-state index contributed by atoms with van der Waals surface area (Å²) in [5.74, 6) is -1.46. The average Bonchev–Trinajstić information content (AvgIpc) is 3.05. The van der Waals surface area contributed by atoms with Gasteiger partial charge in [0.15, 0.2) is 0 Å². The number of aryl methyl sites for hydroxylation is 1. The van der Waals surface area contributed by atoms with Gasteiger partial charge in [0, 0.05) is 42.2 Å². The normalized spacial score (nSPS) is 10.8. The Hall–Kier alpha value is -3.09. The van der Waals surface area contributed by atoms with Gasteiger partial charge in [-0.05, 0) is 25.1 Å². The predicted molar refractivity (Wildman–Crippen MR) is 91.6 cm³/mol. The Balaban J connectivity index is 2.03.